The van der Waals surface area contributed by atoms with Crippen molar-refractivity contribution in [3.63, 3.8) is 0 Å². The molecule has 21 heavy (non-hydrogen) atoms. The van der Waals surface area contributed by atoms with E-state index in [1.807, 2.05) is 35.8 Å². The number of thiazole rings is 1. The number of carbonyl (C=O) groups excluding carboxylic acids is 1. The van der Waals surface area contributed by atoms with Crippen molar-refractivity contribution in [2.75, 3.05) is 6.61 Å². The second-order valence-corrected chi connectivity index (χ2v) is 6.08. The number of nitrogens with zero attached hydrogens (tertiary/aromatic N) is 2. The Hall–Kier alpha value is -1.88. The van der Waals surface area contributed by atoms with Crippen LogP contribution < -0.4 is 9.54 Å². The summed E-state index contributed by atoms with van der Waals surface area (Å²) in [5, 5.41) is 0. The lowest BCUT2D eigenvalue weighted by atomic mass is 10.3. The van der Waals surface area contributed by atoms with Crippen molar-refractivity contribution in [3.05, 3.63) is 35.7 Å². The van der Waals surface area contributed by atoms with E-state index in [4.69, 9.17) is 4.74 Å². The number of aromatic nitrogens is 1. The van der Waals surface area contributed by atoms with Gasteiger partial charge >= 0.3 is 0 Å². The molecule has 1 aromatic carbocycles. The highest BCUT2D eigenvalue weighted by molar-refractivity contribution is 7.16. The Bertz CT molecular complexity index is 753. The maximum absolute atomic E-state index is 12.0. The number of allylic oxidation sites excluding steroid dienone is 1. The van der Waals surface area contributed by atoms with Crippen LogP contribution in [0.4, 0.5) is 0 Å². The van der Waals surface area contributed by atoms with Crippen molar-refractivity contribution in [1.29, 1.82) is 0 Å². The van der Waals surface area contributed by atoms with Gasteiger partial charge in [-0.25, -0.2) is 0 Å². The first-order chi connectivity index (χ1) is 10.2. The summed E-state index contributed by atoms with van der Waals surface area (Å²) in [5.74, 6) is 0.993. The average Bonchev–Trinajstić information content (AvgIpc) is 3.26. The molecule has 1 aromatic heterocycles. The summed E-state index contributed by atoms with van der Waals surface area (Å²) >= 11 is 1.53. The van der Waals surface area contributed by atoms with Crippen LogP contribution in [0.1, 0.15) is 19.8 Å². The Labute approximate surface area is 127 Å². The summed E-state index contributed by atoms with van der Waals surface area (Å²) in [6, 6.07) is 5.97. The van der Waals surface area contributed by atoms with E-state index in [0.29, 0.717) is 13.2 Å². The van der Waals surface area contributed by atoms with Crippen molar-refractivity contribution in [1.82, 2.24) is 4.57 Å². The van der Waals surface area contributed by atoms with Gasteiger partial charge in [-0.1, -0.05) is 17.4 Å². The molecule has 0 unspecified atom stereocenters. The molecule has 1 fully saturated rings. The number of fused-ring (bicyclic) bond motifs is 1. The van der Waals surface area contributed by atoms with Crippen LogP contribution in [0, 0.1) is 5.92 Å². The first kappa shape index (κ1) is 14.1. The predicted octanol–water partition coefficient (Wildman–Crippen LogP) is 3.12. The lowest BCUT2D eigenvalue weighted by Crippen LogP contribution is -2.16. The largest absolute Gasteiger partial charge is 0.494 e. The lowest BCUT2D eigenvalue weighted by molar-refractivity contribution is -0.119. The molecule has 0 atom stereocenters. The van der Waals surface area contributed by atoms with E-state index in [-0.39, 0.29) is 11.8 Å². The van der Waals surface area contributed by atoms with Crippen molar-refractivity contribution < 1.29 is 9.53 Å². The molecule has 0 spiro atoms. The van der Waals surface area contributed by atoms with Gasteiger partial charge in [-0.3, -0.25) is 4.79 Å². The maximum Gasteiger partial charge on any atom is 0.251 e. The molecule has 0 radical (unpaired) electrons. The molecule has 0 aliphatic heterocycles. The van der Waals surface area contributed by atoms with E-state index >= 15 is 0 Å². The summed E-state index contributed by atoms with van der Waals surface area (Å²) in [6.45, 7) is 7.04. The molecule has 3 rings (SSSR count). The molecule has 5 heteroatoms. The van der Waals surface area contributed by atoms with E-state index < -0.39 is 0 Å². The number of benzene rings is 1. The van der Waals surface area contributed by atoms with Gasteiger partial charge in [0.1, 0.15) is 5.75 Å². The Morgan fingerprint density at radius 2 is 2.38 bits per heavy atom. The molecule has 1 saturated carbocycles. The minimum absolute atomic E-state index is 0.00407. The predicted molar refractivity (Wildman–Crippen MR) is 84.5 cm³/mol. The zero-order valence-electron chi connectivity index (χ0n) is 12.0. The minimum Gasteiger partial charge on any atom is -0.494 e. The molecule has 4 nitrogen and oxygen atoms in total. The summed E-state index contributed by atoms with van der Waals surface area (Å²) < 4.78 is 8.64. The number of carbonyl (C=O) groups is 1. The van der Waals surface area contributed by atoms with Gasteiger partial charge in [-0.05, 0) is 38.0 Å². The van der Waals surface area contributed by atoms with E-state index in [9.17, 15) is 4.79 Å². The molecule has 0 N–H and O–H groups in total. The number of amides is 1. The normalized spacial score (nSPS) is 15.4. The minimum atomic E-state index is 0.00407. The first-order valence-electron chi connectivity index (χ1n) is 7.18. The molecule has 1 aliphatic carbocycles. The van der Waals surface area contributed by atoms with E-state index in [1.54, 1.807) is 0 Å². The quantitative estimate of drug-likeness (QED) is 0.796. The van der Waals surface area contributed by atoms with Gasteiger partial charge in [0.25, 0.3) is 5.91 Å². The molecular weight excluding hydrogens is 284 g/mol. The van der Waals surface area contributed by atoms with Gasteiger partial charge < -0.3 is 9.30 Å². The third kappa shape index (κ3) is 2.93. The standard InChI is InChI=1S/C16H18N2O2S/c1-3-9-18-13-8-7-12(20-4-2)10-14(13)21-16(18)17-15(19)11-5-6-11/h3,7-8,10-11H,1,4-6,9H2,2H3. The highest BCUT2D eigenvalue weighted by atomic mass is 32.1. The summed E-state index contributed by atoms with van der Waals surface area (Å²) in [5.41, 5.74) is 1.06. The molecule has 0 bridgehead atoms. The molecule has 1 heterocycles. The molecule has 110 valence electrons. The second-order valence-electron chi connectivity index (χ2n) is 5.07. The Morgan fingerprint density at radius 3 is 3.05 bits per heavy atom. The van der Waals surface area contributed by atoms with Gasteiger partial charge in [0.15, 0.2) is 4.80 Å². The third-order valence-corrected chi connectivity index (χ3v) is 4.45. The Kier molecular flexibility index (Phi) is 3.92. The summed E-state index contributed by atoms with van der Waals surface area (Å²) in [6.07, 6.45) is 3.77. The fraction of sp³-hybridized carbons (Fsp3) is 0.375. The highest BCUT2D eigenvalue weighted by Gasteiger charge is 2.29. The lowest BCUT2D eigenvalue weighted by Gasteiger charge is -2.04. The van der Waals surface area contributed by atoms with E-state index in [0.717, 1.165) is 33.6 Å². The zero-order chi connectivity index (χ0) is 14.8. The number of rotatable bonds is 5. The molecular formula is C16H18N2O2S. The van der Waals surface area contributed by atoms with Crippen LogP contribution in [-0.4, -0.2) is 17.1 Å². The smallest absolute Gasteiger partial charge is 0.251 e. The van der Waals surface area contributed by atoms with E-state index in [1.165, 1.54) is 11.3 Å². The molecule has 2 aromatic rings. The maximum atomic E-state index is 12.0. The van der Waals surface area contributed by atoms with Gasteiger partial charge in [0, 0.05) is 12.5 Å². The van der Waals surface area contributed by atoms with Gasteiger partial charge in [0.2, 0.25) is 0 Å². The van der Waals surface area contributed by atoms with Crippen LogP contribution in [0.3, 0.4) is 0 Å². The Balaban J connectivity index is 2.10. The summed E-state index contributed by atoms with van der Waals surface area (Å²) in [4.78, 5) is 17.0. The average molecular weight is 302 g/mol. The molecule has 1 aliphatic rings. The second kappa shape index (κ2) is 5.85. The number of hydrogen-bond acceptors (Lipinski definition) is 3. The van der Waals surface area contributed by atoms with Crippen LogP contribution >= 0.6 is 11.3 Å². The van der Waals surface area contributed by atoms with Gasteiger partial charge in [-0.15, -0.1) is 6.58 Å². The number of ether oxygens (including phenoxy) is 1. The van der Waals surface area contributed by atoms with Crippen LogP contribution in [0.15, 0.2) is 35.8 Å². The van der Waals surface area contributed by atoms with E-state index in [2.05, 4.69) is 11.6 Å². The Morgan fingerprint density at radius 1 is 1.57 bits per heavy atom. The molecule has 0 saturated heterocycles. The van der Waals surface area contributed by atoms with Crippen molar-refractivity contribution in [3.8, 4) is 5.75 Å². The number of hydrogen-bond donors (Lipinski definition) is 0. The van der Waals surface area contributed by atoms with Crippen LogP contribution in [0.25, 0.3) is 10.2 Å². The van der Waals surface area contributed by atoms with Gasteiger partial charge in [0.05, 0.1) is 16.8 Å². The van der Waals surface area contributed by atoms with Crippen molar-refractivity contribution >= 4 is 27.5 Å². The van der Waals surface area contributed by atoms with Crippen molar-refractivity contribution in [2.24, 2.45) is 10.9 Å². The third-order valence-electron chi connectivity index (χ3n) is 3.41. The van der Waals surface area contributed by atoms with Gasteiger partial charge in [-0.2, -0.15) is 4.99 Å². The SMILES string of the molecule is C=CCn1c(=NC(=O)C2CC2)sc2cc(OCC)ccc21. The van der Waals surface area contributed by atoms with Crippen LogP contribution in [0.2, 0.25) is 0 Å². The summed E-state index contributed by atoms with van der Waals surface area (Å²) in [7, 11) is 0. The highest BCUT2D eigenvalue weighted by Crippen LogP contribution is 2.30. The molecule has 1 amide bonds. The van der Waals surface area contributed by atoms with Crippen LogP contribution in [0.5, 0.6) is 5.75 Å². The van der Waals surface area contributed by atoms with Crippen molar-refractivity contribution in [2.45, 2.75) is 26.3 Å². The zero-order valence-corrected chi connectivity index (χ0v) is 12.9. The topological polar surface area (TPSA) is 43.6 Å². The first-order valence-corrected chi connectivity index (χ1v) is 8.00. The monoisotopic (exact) mass is 302 g/mol. The van der Waals surface area contributed by atoms with Crippen LogP contribution in [-0.2, 0) is 11.3 Å². The fourth-order valence-corrected chi connectivity index (χ4v) is 3.29. The fourth-order valence-electron chi connectivity index (χ4n) is 2.22.